The number of nitrogens with one attached hydrogen (secondary N) is 1. The first-order chi connectivity index (χ1) is 15.6. The lowest BCUT2D eigenvalue weighted by Gasteiger charge is -2.22. The zero-order chi connectivity index (χ0) is 23.8. The lowest BCUT2D eigenvalue weighted by Crippen LogP contribution is -2.30. The summed E-state index contributed by atoms with van der Waals surface area (Å²) in [7, 11) is -3.68. The molecule has 10 nitrogen and oxygen atoms in total. The lowest BCUT2D eigenvalue weighted by molar-refractivity contribution is -0.120. The number of thioether (sulfide) groups is 1. The van der Waals surface area contributed by atoms with Crippen molar-refractivity contribution in [2.24, 2.45) is 10.8 Å². The van der Waals surface area contributed by atoms with Crippen LogP contribution < -0.4 is 20.2 Å². The molecule has 3 N–H and O–H groups in total. The maximum atomic E-state index is 14.9. The van der Waals surface area contributed by atoms with Crippen molar-refractivity contribution in [2.45, 2.75) is 11.4 Å². The van der Waals surface area contributed by atoms with Crippen LogP contribution >= 0.6 is 11.8 Å². The fourth-order valence-electron chi connectivity index (χ4n) is 3.27. The molecule has 2 aromatic carbocycles. The predicted molar refractivity (Wildman–Crippen MR) is 120 cm³/mol. The maximum absolute atomic E-state index is 14.9. The number of benzene rings is 2. The normalized spacial score (nSPS) is 20.8. The molecule has 1 saturated heterocycles. The van der Waals surface area contributed by atoms with E-state index in [1.807, 2.05) is 0 Å². The molecule has 4 rings (SSSR count). The Morgan fingerprint density at radius 3 is 2.61 bits per heavy atom. The van der Waals surface area contributed by atoms with Crippen LogP contribution in [0.25, 0.3) is 0 Å². The number of halogens is 1. The highest BCUT2D eigenvalue weighted by atomic mass is 32.2. The Morgan fingerprint density at radius 1 is 1.27 bits per heavy atom. The largest absolute Gasteiger partial charge is 0.443 e. The smallest absolute Gasteiger partial charge is 0.414 e. The summed E-state index contributed by atoms with van der Waals surface area (Å²) in [6.45, 7) is 0.389. The number of amides is 2. The third-order valence-electron chi connectivity index (χ3n) is 4.80. The molecule has 2 aliphatic heterocycles. The standard InChI is InChI=1S/C20H19FN4O6S2/c1-33(28,29)31-13-5-2-11(3-6-13)17-18(26)23-24-19(32-17)15-7-4-12(8-16(15)21)25-10-14(9-22)30-20(25)27/h2-8,14,17H,9-10,22H2,1H3,(H,23,26). The average molecular weight is 495 g/mol. The Hall–Kier alpha value is -3.16. The number of nitrogens with zero attached hydrogens (tertiary/aromatic N) is 2. The van der Waals surface area contributed by atoms with Crippen molar-refractivity contribution < 1.29 is 31.3 Å². The number of ether oxygens (including phenoxy) is 1. The van der Waals surface area contributed by atoms with E-state index in [1.54, 1.807) is 18.2 Å². The van der Waals surface area contributed by atoms with Gasteiger partial charge in [-0.15, -0.1) is 0 Å². The third kappa shape index (κ3) is 5.10. The summed E-state index contributed by atoms with van der Waals surface area (Å²) in [4.78, 5) is 25.6. The number of carbonyl (C=O) groups is 2. The van der Waals surface area contributed by atoms with Crippen LogP contribution in [-0.2, 0) is 19.6 Å². The number of anilines is 1. The second-order valence-corrected chi connectivity index (χ2v) is 9.93. The SMILES string of the molecule is CS(=O)(=O)Oc1ccc(C2SC(c3ccc(N4CC(CN)OC4=O)cc3F)=NNC2=O)cc1. The molecule has 2 amide bonds. The number of hydrazone groups is 1. The van der Waals surface area contributed by atoms with Gasteiger partial charge >= 0.3 is 16.2 Å². The van der Waals surface area contributed by atoms with Gasteiger partial charge in [0.15, 0.2) is 0 Å². The fourth-order valence-corrected chi connectivity index (χ4v) is 4.80. The highest BCUT2D eigenvalue weighted by Crippen LogP contribution is 2.36. The van der Waals surface area contributed by atoms with E-state index in [1.165, 1.54) is 29.2 Å². The quantitative estimate of drug-likeness (QED) is 0.579. The lowest BCUT2D eigenvalue weighted by atomic mass is 10.1. The molecule has 2 aliphatic rings. The average Bonchev–Trinajstić information content (AvgIpc) is 3.14. The first kappa shape index (κ1) is 23.0. The molecule has 0 radical (unpaired) electrons. The summed E-state index contributed by atoms with van der Waals surface area (Å²) in [6.07, 6.45) is -0.127. The van der Waals surface area contributed by atoms with Gasteiger partial charge in [0.1, 0.15) is 28.0 Å². The van der Waals surface area contributed by atoms with Gasteiger partial charge in [-0.3, -0.25) is 9.69 Å². The summed E-state index contributed by atoms with van der Waals surface area (Å²) >= 11 is 1.04. The minimum Gasteiger partial charge on any atom is -0.443 e. The topological polar surface area (TPSA) is 140 Å². The first-order valence-electron chi connectivity index (χ1n) is 9.66. The maximum Gasteiger partial charge on any atom is 0.414 e. The van der Waals surface area contributed by atoms with Gasteiger partial charge in [0.2, 0.25) is 0 Å². The van der Waals surface area contributed by atoms with Gasteiger partial charge < -0.3 is 14.7 Å². The molecule has 13 heteroatoms. The Labute approximate surface area is 193 Å². The van der Waals surface area contributed by atoms with E-state index in [2.05, 4.69) is 10.5 Å². The van der Waals surface area contributed by atoms with Crippen molar-refractivity contribution in [3.8, 4) is 5.75 Å². The third-order valence-corrected chi connectivity index (χ3v) is 6.55. The van der Waals surface area contributed by atoms with Crippen LogP contribution in [0.1, 0.15) is 16.4 Å². The van der Waals surface area contributed by atoms with Crippen LogP contribution in [0.4, 0.5) is 14.9 Å². The molecule has 2 atom stereocenters. The number of rotatable bonds is 6. The molecule has 0 aliphatic carbocycles. The molecule has 1 fully saturated rings. The molecule has 0 bridgehead atoms. The monoisotopic (exact) mass is 494 g/mol. The summed E-state index contributed by atoms with van der Waals surface area (Å²) in [5.74, 6) is -0.935. The molecule has 2 aromatic rings. The Kier molecular flexibility index (Phi) is 6.28. The van der Waals surface area contributed by atoms with E-state index in [0.29, 0.717) is 11.3 Å². The van der Waals surface area contributed by atoms with Crippen molar-refractivity contribution in [1.82, 2.24) is 5.43 Å². The second kappa shape index (κ2) is 9.00. The molecule has 0 aromatic heterocycles. The molecular weight excluding hydrogens is 475 g/mol. The van der Waals surface area contributed by atoms with Crippen molar-refractivity contribution in [1.29, 1.82) is 0 Å². The zero-order valence-electron chi connectivity index (χ0n) is 17.2. The van der Waals surface area contributed by atoms with Crippen molar-refractivity contribution in [3.63, 3.8) is 0 Å². The number of cyclic esters (lactones) is 1. The highest BCUT2D eigenvalue weighted by molar-refractivity contribution is 8.15. The molecule has 2 heterocycles. The highest BCUT2D eigenvalue weighted by Gasteiger charge is 2.33. The predicted octanol–water partition coefficient (Wildman–Crippen LogP) is 1.71. The van der Waals surface area contributed by atoms with Gasteiger partial charge in [-0.2, -0.15) is 13.5 Å². The number of nitrogens with two attached hydrogens (primary N) is 1. The number of hydrogen-bond acceptors (Lipinski definition) is 9. The molecule has 2 unspecified atom stereocenters. The summed E-state index contributed by atoms with van der Waals surface area (Å²) in [5, 5.41) is 3.46. The van der Waals surface area contributed by atoms with Crippen molar-refractivity contribution in [2.75, 3.05) is 24.2 Å². The Balaban J connectivity index is 1.53. The van der Waals surface area contributed by atoms with Crippen LogP contribution in [-0.4, -0.2) is 50.9 Å². The van der Waals surface area contributed by atoms with Gasteiger partial charge in [-0.05, 0) is 35.9 Å². The van der Waals surface area contributed by atoms with E-state index in [-0.39, 0.29) is 29.4 Å². The zero-order valence-corrected chi connectivity index (χ0v) is 18.9. The second-order valence-electron chi connectivity index (χ2n) is 7.26. The number of carbonyl (C=O) groups excluding carboxylic acids is 2. The summed E-state index contributed by atoms with van der Waals surface area (Å²) in [5.41, 5.74) is 8.93. The van der Waals surface area contributed by atoms with Gasteiger partial charge in [-0.1, -0.05) is 23.9 Å². The van der Waals surface area contributed by atoms with Crippen molar-refractivity contribution in [3.05, 3.63) is 59.4 Å². The van der Waals surface area contributed by atoms with E-state index in [9.17, 15) is 22.4 Å². The Bertz CT molecular complexity index is 1240. The molecule has 0 saturated carbocycles. The number of hydrogen-bond donors (Lipinski definition) is 2. The molecule has 33 heavy (non-hydrogen) atoms. The van der Waals surface area contributed by atoms with E-state index >= 15 is 0 Å². The van der Waals surface area contributed by atoms with E-state index in [0.717, 1.165) is 18.0 Å². The summed E-state index contributed by atoms with van der Waals surface area (Å²) in [6, 6.07) is 10.2. The minimum absolute atomic E-state index is 0.107. The Morgan fingerprint density at radius 2 is 2.00 bits per heavy atom. The fraction of sp³-hybridized carbons (Fsp3) is 0.250. The van der Waals surface area contributed by atoms with Crippen LogP contribution in [0, 0.1) is 5.82 Å². The van der Waals surface area contributed by atoms with Gasteiger partial charge in [0.05, 0.1) is 18.5 Å². The van der Waals surface area contributed by atoms with Gasteiger partial charge in [0.25, 0.3) is 5.91 Å². The van der Waals surface area contributed by atoms with E-state index < -0.39 is 39.3 Å². The van der Waals surface area contributed by atoms with Crippen molar-refractivity contribution >= 4 is 44.6 Å². The molecule has 174 valence electrons. The summed E-state index contributed by atoms with van der Waals surface area (Å²) < 4.78 is 47.3. The van der Waals surface area contributed by atoms with Crippen LogP contribution in [0.2, 0.25) is 0 Å². The van der Waals surface area contributed by atoms with Crippen LogP contribution in [0.15, 0.2) is 47.6 Å². The van der Waals surface area contributed by atoms with Crippen LogP contribution in [0.5, 0.6) is 5.75 Å². The van der Waals surface area contributed by atoms with Crippen LogP contribution in [0.3, 0.4) is 0 Å². The van der Waals surface area contributed by atoms with Gasteiger partial charge in [-0.25, -0.2) is 14.6 Å². The molecular formula is C20H19FN4O6S2. The van der Waals surface area contributed by atoms with E-state index in [4.69, 9.17) is 14.7 Å². The minimum atomic E-state index is -3.68. The van der Waals surface area contributed by atoms with Gasteiger partial charge in [0, 0.05) is 12.1 Å². The molecule has 0 spiro atoms. The first-order valence-corrected chi connectivity index (χ1v) is 12.4.